The van der Waals surface area contributed by atoms with E-state index in [-0.39, 0.29) is 19.4 Å². The molecule has 8 heteroatoms. The zero-order chi connectivity index (χ0) is 17.2. The van der Waals surface area contributed by atoms with Crippen LogP contribution in [-0.2, 0) is 25.7 Å². The van der Waals surface area contributed by atoms with Gasteiger partial charge in [0, 0.05) is 12.1 Å². The average Bonchev–Trinajstić information content (AvgIpc) is 2.58. The van der Waals surface area contributed by atoms with Crippen molar-refractivity contribution in [1.82, 2.24) is 5.32 Å². The van der Waals surface area contributed by atoms with E-state index >= 15 is 0 Å². The van der Waals surface area contributed by atoms with Crippen LogP contribution in [0.25, 0.3) is 0 Å². The van der Waals surface area contributed by atoms with Gasteiger partial charge >= 0.3 is 18.0 Å². The lowest BCUT2D eigenvalue weighted by molar-refractivity contribution is -0.144. The van der Waals surface area contributed by atoms with Crippen molar-refractivity contribution in [1.29, 1.82) is 0 Å². The molecule has 23 heavy (non-hydrogen) atoms. The molecule has 0 spiro atoms. The summed E-state index contributed by atoms with van der Waals surface area (Å²) < 4.78 is 9.09. The van der Waals surface area contributed by atoms with Crippen LogP contribution < -0.4 is 10.6 Å². The van der Waals surface area contributed by atoms with Crippen LogP contribution in [0.1, 0.15) is 18.4 Å². The molecular weight excluding hydrogens is 304 g/mol. The lowest BCUT2D eigenvalue weighted by Gasteiger charge is -2.16. The molecule has 0 fully saturated rings. The summed E-state index contributed by atoms with van der Waals surface area (Å²) in [5, 5.41) is 13.9. The number of methoxy groups -OCH3 is 2. The first-order valence-electron chi connectivity index (χ1n) is 6.92. The van der Waals surface area contributed by atoms with Crippen LogP contribution in [0.2, 0.25) is 0 Å². The lowest BCUT2D eigenvalue weighted by atomic mass is 10.1. The minimum Gasteiger partial charge on any atom is -0.469 e. The van der Waals surface area contributed by atoms with E-state index in [1.807, 2.05) is 0 Å². The standard InChI is InChI=1S/C15H20N2O6/c1-22-13(19)8-7-12(14(20)23-2)17-15(21)16-11-5-3-10(9-18)4-6-11/h3-6,12,18H,7-9H2,1-2H3,(H2,16,17,21). The Hall–Kier alpha value is -2.61. The van der Waals surface area contributed by atoms with Gasteiger partial charge in [0.1, 0.15) is 6.04 Å². The van der Waals surface area contributed by atoms with Gasteiger partial charge in [0.2, 0.25) is 0 Å². The molecule has 0 aromatic heterocycles. The second-order valence-electron chi connectivity index (χ2n) is 4.64. The van der Waals surface area contributed by atoms with Crippen molar-refractivity contribution in [3.05, 3.63) is 29.8 Å². The number of esters is 2. The Morgan fingerprint density at radius 3 is 2.30 bits per heavy atom. The van der Waals surface area contributed by atoms with Crippen LogP contribution in [0, 0.1) is 0 Å². The smallest absolute Gasteiger partial charge is 0.328 e. The normalized spacial score (nSPS) is 11.3. The first kappa shape index (κ1) is 18.4. The van der Waals surface area contributed by atoms with Gasteiger partial charge in [0.05, 0.1) is 20.8 Å². The van der Waals surface area contributed by atoms with Gasteiger partial charge in [-0.3, -0.25) is 4.79 Å². The average molecular weight is 324 g/mol. The monoisotopic (exact) mass is 324 g/mol. The number of benzene rings is 1. The summed E-state index contributed by atoms with van der Waals surface area (Å²) in [4.78, 5) is 34.7. The fraction of sp³-hybridized carbons (Fsp3) is 0.400. The molecule has 1 rings (SSSR count). The SMILES string of the molecule is COC(=O)CCC(NC(=O)Nc1ccc(CO)cc1)C(=O)OC. The Morgan fingerprint density at radius 1 is 1.13 bits per heavy atom. The second kappa shape index (κ2) is 9.42. The number of nitrogens with one attached hydrogen (secondary N) is 2. The largest absolute Gasteiger partial charge is 0.469 e. The molecule has 3 N–H and O–H groups in total. The van der Waals surface area contributed by atoms with Gasteiger partial charge in [-0.1, -0.05) is 12.1 Å². The molecular formula is C15H20N2O6. The Balaban J connectivity index is 2.60. The number of ether oxygens (including phenoxy) is 2. The van der Waals surface area contributed by atoms with Crippen molar-refractivity contribution in [2.75, 3.05) is 19.5 Å². The summed E-state index contributed by atoms with van der Waals surface area (Å²) in [6.45, 7) is -0.0928. The number of rotatable bonds is 7. The highest BCUT2D eigenvalue weighted by molar-refractivity contribution is 5.92. The number of aliphatic hydroxyl groups excluding tert-OH is 1. The highest BCUT2D eigenvalue weighted by atomic mass is 16.5. The van der Waals surface area contributed by atoms with Gasteiger partial charge in [-0.2, -0.15) is 0 Å². The molecule has 1 aromatic rings. The summed E-state index contributed by atoms with van der Waals surface area (Å²) >= 11 is 0. The molecule has 0 radical (unpaired) electrons. The van der Waals surface area contributed by atoms with Gasteiger partial charge in [0.25, 0.3) is 0 Å². The molecule has 1 unspecified atom stereocenters. The van der Waals surface area contributed by atoms with E-state index in [0.717, 1.165) is 0 Å². The predicted molar refractivity (Wildman–Crippen MR) is 81.6 cm³/mol. The molecule has 0 aliphatic heterocycles. The van der Waals surface area contributed by atoms with E-state index in [0.29, 0.717) is 11.3 Å². The van der Waals surface area contributed by atoms with Crippen LogP contribution in [0.3, 0.4) is 0 Å². The van der Waals surface area contributed by atoms with Crippen molar-refractivity contribution in [3.63, 3.8) is 0 Å². The number of amides is 2. The topological polar surface area (TPSA) is 114 Å². The molecule has 0 heterocycles. The first-order chi connectivity index (χ1) is 11.0. The van der Waals surface area contributed by atoms with E-state index in [2.05, 4.69) is 20.1 Å². The molecule has 0 saturated heterocycles. The fourth-order valence-electron chi connectivity index (χ4n) is 1.77. The van der Waals surface area contributed by atoms with Crippen molar-refractivity contribution in [2.24, 2.45) is 0 Å². The zero-order valence-electron chi connectivity index (χ0n) is 13.0. The van der Waals surface area contributed by atoms with Gasteiger partial charge in [-0.25, -0.2) is 9.59 Å². The third kappa shape index (κ3) is 6.35. The van der Waals surface area contributed by atoms with Crippen LogP contribution in [-0.4, -0.2) is 43.3 Å². The van der Waals surface area contributed by atoms with Crippen LogP contribution >= 0.6 is 0 Å². The third-order valence-corrected chi connectivity index (χ3v) is 3.05. The van der Waals surface area contributed by atoms with Gasteiger partial charge in [0.15, 0.2) is 0 Å². The summed E-state index contributed by atoms with van der Waals surface area (Å²) in [6, 6.07) is 4.98. The Morgan fingerprint density at radius 2 is 1.78 bits per heavy atom. The molecule has 0 aliphatic carbocycles. The molecule has 2 amide bonds. The van der Waals surface area contributed by atoms with Crippen LogP contribution in [0.15, 0.2) is 24.3 Å². The van der Waals surface area contributed by atoms with E-state index in [1.165, 1.54) is 14.2 Å². The number of carbonyl (C=O) groups is 3. The van der Waals surface area contributed by atoms with E-state index in [1.54, 1.807) is 24.3 Å². The van der Waals surface area contributed by atoms with E-state index < -0.39 is 24.0 Å². The number of carbonyl (C=O) groups excluding carboxylic acids is 3. The molecule has 1 atom stereocenters. The van der Waals surface area contributed by atoms with Gasteiger partial charge in [-0.05, 0) is 24.1 Å². The number of anilines is 1. The van der Waals surface area contributed by atoms with Crippen molar-refractivity contribution < 1.29 is 29.0 Å². The molecule has 1 aromatic carbocycles. The minimum atomic E-state index is -0.962. The predicted octanol–water partition coefficient (Wildman–Crippen LogP) is 0.795. The highest BCUT2D eigenvalue weighted by Gasteiger charge is 2.22. The molecule has 126 valence electrons. The maximum absolute atomic E-state index is 11.9. The highest BCUT2D eigenvalue weighted by Crippen LogP contribution is 2.10. The number of urea groups is 1. The number of aliphatic hydroxyl groups is 1. The molecule has 0 saturated carbocycles. The van der Waals surface area contributed by atoms with Crippen LogP contribution in [0.4, 0.5) is 10.5 Å². The summed E-state index contributed by atoms with van der Waals surface area (Å²) in [6.07, 6.45) is 0.0396. The zero-order valence-corrected chi connectivity index (χ0v) is 13.0. The molecule has 0 aliphatic rings. The third-order valence-electron chi connectivity index (χ3n) is 3.05. The van der Waals surface area contributed by atoms with Gasteiger partial charge in [-0.15, -0.1) is 0 Å². The van der Waals surface area contributed by atoms with E-state index in [4.69, 9.17) is 5.11 Å². The van der Waals surface area contributed by atoms with Crippen molar-refractivity contribution >= 4 is 23.7 Å². The maximum atomic E-state index is 11.9. The number of hydrogen-bond donors (Lipinski definition) is 3. The Kier molecular flexibility index (Phi) is 7.55. The summed E-state index contributed by atoms with van der Waals surface area (Å²) in [7, 11) is 2.44. The molecule has 0 bridgehead atoms. The summed E-state index contributed by atoms with van der Waals surface area (Å²) in [5.74, 6) is -1.14. The second-order valence-corrected chi connectivity index (χ2v) is 4.64. The van der Waals surface area contributed by atoms with Crippen molar-refractivity contribution in [2.45, 2.75) is 25.5 Å². The van der Waals surface area contributed by atoms with Crippen LogP contribution in [0.5, 0.6) is 0 Å². The lowest BCUT2D eigenvalue weighted by Crippen LogP contribution is -2.43. The van der Waals surface area contributed by atoms with Gasteiger partial charge < -0.3 is 25.2 Å². The molecule has 8 nitrogen and oxygen atoms in total. The van der Waals surface area contributed by atoms with Crippen molar-refractivity contribution in [3.8, 4) is 0 Å². The minimum absolute atomic E-state index is 0.0260. The summed E-state index contributed by atoms with van der Waals surface area (Å²) in [5.41, 5.74) is 1.21. The quantitative estimate of drug-likeness (QED) is 0.639. The van der Waals surface area contributed by atoms with E-state index in [9.17, 15) is 14.4 Å². The Labute approximate surface area is 133 Å². The fourth-order valence-corrected chi connectivity index (χ4v) is 1.77. The number of hydrogen-bond acceptors (Lipinski definition) is 6. The first-order valence-corrected chi connectivity index (χ1v) is 6.92. The Bertz CT molecular complexity index is 543. The maximum Gasteiger partial charge on any atom is 0.328 e.